The molecule has 3 aromatic rings. The standard InChI is InChI=1S/C21H20N2O3S/c1-3-16-6-4-5-7-19(16)23-21(24)17-10-13-20(22-14-17)27(25,26)18-11-8-15(2)9-12-18/h4-14H,3H2,1-2H3,(H,23,24). The smallest absolute Gasteiger partial charge is 0.257 e. The molecule has 0 aliphatic carbocycles. The molecule has 0 radical (unpaired) electrons. The number of aryl methyl sites for hydroxylation is 2. The second kappa shape index (κ2) is 7.72. The lowest BCUT2D eigenvalue weighted by Crippen LogP contribution is -2.14. The van der Waals surface area contributed by atoms with Crippen LogP contribution in [0.1, 0.15) is 28.4 Å². The molecule has 1 aromatic heterocycles. The van der Waals surface area contributed by atoms with Crippen LogP contribution in [0.2, 0.25) is 0 Å². The Morgan fingerprint density at radius 2 is 1.70 bits per heavy atom. The SMILES string of the molecule is CCc1ccccc1NC(=O)c1ccc(S(=O)(=O)c2ccc(C)cc2)nc1. The van der Waals surface area contributed by atoms with Crippen molar-refractivity contribution in [1.82, 2.24) is 4.98 Å². The molecule has 3 rings (SSSR count). The summed E-state index contributed by atoms with van der Waals surface area (Å²) in [5.74, 6) is -0.331. The largest absolute Gasteiger partial charge is 0.322 e. The fourth-order valence-electron chi connectivity index (χ4n) is 2.66. The summed E-state index contributed by atoms with van der Waals surface area (Å²) in [6.45, 7) is 3.90. The maximum absolute atomic E-state index is 12.6. The molecule has 0 unspecified atom stereocenters. The number of hydrogen-bond donors (Lipinski definition) is 1. The lowest BCUT2D eigenvalue weighted by Gasteiger charge is -2.10. The molecule has 0 fully saturated rings. The number of nitrogens with one attached hydrogen (secondary N) is 1. The van der Waals surface area contributed by atoms with Crippen molar-refractivity contribution in [2.75, 3.05) is 5.32 Å². The molecule has 138 valence electrons. The average Bonchev–Trinajstić information content (AvgIpc) is 2.69. The van der Waals surface area contributed by atoms with E-state index in [0.717, 1.165) is 23.2 Å². The minimum Gasteiger partial charge on any atom is -0.322 e. The van der Waals surface area contributed by atoms with Gasteiger partial charge in [0.15, 0.2) is 5.03 Å². The van der Waals surface area contributed by atoms with Gasteiger partial charge in [-0.3, -0.25) is 4.79 Å². The maximum atomic E-state index is 12.6. The van der Waals surface area contributed by atoms with Gasteiger partial charge in [0.1, 0.15) is 0 Å². The summed E-state index contributed by atoms with van der Waals surface area (Å²) < 4.78 is 25.3. The summed E-state index contributed by atoms with van der Waals surface area (Å²) in [7, 11) is -3.71. The summed E-state index contributed by atoms with van der Waals surface area (Å²) in [6, 6.07) is 17.0. The Morgan fingerprint density at radius 3 is 2.33 bits per heavy atom. The van der Waals surface area contributed by atoms with E-state index in [9.17, 15) is 13.2 Å². The lowest BCUT2D eigenvalue weighted by molar-refractivity contribution is 0.102. The van der Waals surface area contributed by atoms with Gasteiger partial charge in [-0.05, 0) is 49.2 Å². The van der Waals surface area contributed by atoms with E-state index < -0.39 is 9.84 Å². The van der Waals surface area contributed by atoms with Crippen LogP contribution in [-0.2, 0) is 16.3 Å². The van der Waals surface area contributed by atoms with E-state index in [-0.39, 0.29) is 15.8 Å². The van der Waals surface area contributed by atoms with Gasteiger partial charge in [0.05, 0.1) is 10.5 Å². The van der Waals surface area contributed by atoms with Crippen LogP contribution < -0.4 is 5.32 Å². The van der Waals surface area contributed by atoms with E-state index in [0.29, 0.717) is 5.56 Å². The van der Waals surface area contributed by atoms with Crippen molar-refractivity contribution in [3.63, 3.8) is 0 Å². The second-order valence-corrected chi connectivity index (χ2v) is 8.06. The average molecular weight is 380 g/mol. The topological polar surface area (TPSA) is 76.1 Å². The molecule has 0 bridgehead atoms. The highest BCUT2D eigenvalue weighted by Crippen LogP contribution is 2.20. The Kier molecular flexibility index (Phi) is 5.37. The van der Waals surface area contributed by atoms with Gasteiger partial charge < -0.3 is 5.32 Å². The van der Waals surface area contributed by atoms with Crippen molar-refractivity contribution in [3.8, 4) is 0 Å². The van der Waals surface area contributed by atoms with Gasteiger partial charge in [0, 0.05) is 11.9 Å². The van der Waals surface area contributed by atoms with Crippen LogP contribution in [0.3, 0.4) is 0 Å². The summed E-state index contributed by atoms with van der Waals surface area (Å²) in [5, 5.41) is 2.76. The van der Waals surface area contributed by atoms with E-state index in [2.05, 4.69) is 10.3 Å². The number of aromatic nitrogens is 1. The van der Waals surface area contributed by atoms with Crippen molar-refractivity contribution in [2.45, 2.75) is 30.2 Å². The highest BCUT2D eigenvalue weighted by molar-refractivity contribution is 7.91. The van der Waals surface area contributed by atoms with Crippen LogP contribution >= 0.6 is 0 Å². The molecule has 0 atom stereocenters. The molecular formula is C21H20N2O3S. The summed E-state index contributed by atoms with van der Waals surface area (Å²) >= 11 is 0. The molecule has 0 aliphatic heterocycles. The van der Waals surface area contributed by atoms with Crippen LogP contribution in [0.15, 0.2) is 76.8 Å². The third-order valence-electron chi connectivity index (χ3n) is 4.25. The molecule has 27 heavy (non-hydrogen) atoms. The van der Waals surface area contributed by atoms with Crippen molar-refractivity contribution >= 4 is 21.4 Å². The first-order valence-electron chi connectivity index (χ1n) is 8.59. The number of carbonyl (C=O) groups is 1. The van der Waals surface area contributed by atoms with Crippen LogP contribution in [0.4, 0.5) is 5.69 Å². The van der Waals surface area contributed by atoms with Crippen molar-refractivity contribution < 1.29 is 13.2 Å². The van der Waals surface area contributed by atoms with E-state index >= 15 is 0 Å². The first kappa shape index (κ1) is 18.8. The number of hydrogen-bond acceptors (Lipinski definition) is 4. The fourth-order valence-corrected chi connectivity index (χ4v) is 3.83. The van der Waals surface area contributed by atoms with Crippen molar-refractivity contribution in [1.29, 1.82) is 0 Å². The molecule has 1 N–H and O–H groups in total. The van der Waals surface area contributed by atoms with Gasteiger partial charge >= 0.3 is 0 Å². The van der Waals surface area contributed by atoms with Gasteiger partial charge in [-0.25, -0.2) is 13.4 Å². The summed E-state index contributed by atoms with van der Waals surface area (Å²) in [6.07, 6.45) is 2.08. The number of carbonyl (C=O) groups excluding carboxylic acids is 1. The molecule has 0 saturated carbocycles. The van der Waals surface area contributed by atoms with Crippen LogP contribution in [0.5, 0.6) is 0 Å². The third-order valence-corrected chi connectivity index (χ3v) is 5.94. The molecule has 2 aromatic carbocycles. The minimum atomic E-state index is -3.71. The Balaban J connectivity index is 1.82. The highest BCUT2D eigenvalue weighted by atomic mass is 32.2. The maximum Gasteiger partial charge on any atom is 0.257 e. The molecule has 6 heteroatoms. The Hall–Kier alpha value is -2.99. The van der Waals surface area contributed by atoms with Gasteiger partial charge in [-0.2, -0.15) is 0 Å². The lowest BCUT2D eigenvalue weighted by atomic mass is 10.1. The monoisotopic (exact) mass is 380 g/mol. The predicted molar refractivity (Wildman–Crippen MR) is 105 cm³/mol. The molecule has 5 nitrogen and oxygen atoms in total. The van der Waals surface area contributed by atoms with Gasteiger partial charge in [0.2, 0.25) is 9.84 Å². The van der Waals surface area contributed by atoms with E-state index in [1.165, 1.54) is 18.3 Å². The number of para-hydroxylation sites is 1. The van der Waals surface area contributed by atoms with Crippen LogP contribution in [0, 0.1) is 6.92 Å². The molecule has 0 aliphatic rings. The quantitative estimate of drug-likeness (QED) is 0.725. The number of pyridine rings is 1. The number of benzene rings is 2. The van der Waals surface area contributed by atoms with Crippen LogP contribution in [-0.4, -0.2) is 19.3 Å². The Morgan fingerprint density at radius 1 is 1.00 bits per heavy atom. The molecular weight excluding hydrogens is 360 g/mol. The van der Waals surface area contributed by atoms with Crippen LogP contribution in [0.25, 0.3) is 0 Å². The minimum absolute atomic E-state index is 0.0862. The van der Waals surface area contributed by atoms with Gasteiger partial charge in [0.25, 0.3) is 5.91 Å². The number of nitrogens with zero attached hydrogens (tertiary/aromatic N) is 1. The van der Waals surface area contributed by atoms with Crippen molar-refractivity contribution in [2.24, 2.45) is 0 Å². The first-order chi connectivity index (χ1) is 12.9. The molecule has 0 spiro atoms. The predicted octanol–water partition coefficient (Wildman–Crippen LogP) is 4.04. The number of rotatable bonds is 5. The number of anilines is 1. The third kappa shape index (κ3) is 4.06. The molecule has 0 saturated heterocycles. The normalized spacial score (nSPS) is 11.2. The van der Waals surface area contributed by atoms with E-state index in [1.54, 1.807) is 24.3 Å². The Labute approximate surface area is 159 Å². The van der Waals surface area contributed by atoms with Gasteiger partial charge in [-0.1, -0.05) is 42.8 Å². The molecule has 1 amide bonds. The fraction of sp³-hybridized carbons (Fsp3) is 0.143. The zero-order valence-electron chi connectivity index (χ0n) is 15.1. The van der Waals surface area contributed by atoms with E-state index in [1.807, 2.05) is 38.1 Å². The van der Waals surface area contributed by atoms with E-state index in [4.69, 9.17) is 0 Å². The molecule has 1 heterocycles. The second-order valence-electron chi connectivity index (χ2n) is 6.17. The van der Waals surface area contributed by atoms with Crippen molar-refractivity contribution in [3.05, 3.63) is 83.6 Å². The highest BCUT2D eigenvalue weighted by Gasteiger charge is 2.19. The Bertz CT molecular complexity index is 1060. The number of amides is 1. The first-order valence-corrected chi connectivity index (χ1v) is 10.1. The van der Waals surface area contributed by atoms with Gasteiger partial charge in [-0.15, -0.1) is 0 Å². The number of sulfone groups is 1. The summed E-state index contributed by atoms with van der Waals surface area (Å²) in [4.78, 5) is 16.6. The zero-order valence-corrected chi connectivity index (χ0v) is 16.0. The zero-order chi connectivity index (χ0) is 19.4. The summed E-state index contributed by atoms with van der Waals surface area (Å²) in [5.41, 5.74) is 3.03.